The highest BCUT2D eigenvalue weighted by molar-refractivity contribution is 5.89. The molecule has 0 aliphatic carbocycles. The lowest BCUT2D eigenvalue weighted by atomic mass is 9.89. The number of fused-ring (bicyclic) bond motifs is 2. The largest absolute Gasteiger partial charge is 0.436 e. The maximum atomic E-state index is 11.5. The molecule has 2 heterocycles. The molecule has 0 bridgehead atoms. The van der Waals surface area contributed by atoms with Crippen molar-refractivity contribution in [2.24, 2.45) is 0 Å². The van der Waals surface area contributed by atoms with Gasteiger partial charge in [-0.25, -0.2) is 4.79 Å². The van der Waals surface area contributed by atoms with Crippen molar-refractivity contribution >= 4 is 11.8 Å². The normalized spacial score (nSPS) is 27.4. The zero-order chi connectivity index (χ0) is 11.2. The number of anilines is 1. The lowest BCUT2D eigenvalue weighted by Gasteiger charge is -2.34. The zero-order valence-corrected chi connectivity index (χ0v) is 9.17. The molecule has 3 rings (SSSR count). The monoisotopic (exact) mass is 218 g/mol. The third-order valence-corrected chi connectivity index (χ3v) is 3.31. The van der Waals surface area contributed by atoms with Crippen LogP contribution in [0.3, 0.4) is 0 Å². The van der Waals surface area contributed by atoms with Crippen LogP contribution in [0.2, 0.25) is 0 Å². The average Bonchev–Trinajstić information content (AvgIpc) is 2.65. The van der Waals surface area contributed by atoms with Crippen LogP contribution >= 0.6 is 0 Å². The fourth-order valence-corrected chi connectivity index (χ4v) is 2.51. The maximum absolute atomic E-state index is 11.5. The van der Waals surface area contributed by atoms with Crippen LogP contribution in [0.1, 0.15) is 17.5 Å². The number of ether oxygens (including phenoxy) is 1. The maximum Gasteiger partial charge on any atom is 0.412 e. The van der Waals surface area contributed by atoms with Gasteiger partial charge in [0.05, 0.1) is 5.69 Å². The Kier molecular flexibility index (Phi) is 1.94. The van der Waals surface area contributed by atoms with Gasteiger partial charge in [-0.3, -0.25) is 5.32 Å². The first kappa shape index (κ1) is 9.66. The van der Waals surface area contributed by atoms with Crippen LogP contribution < -0.4 is 10.6 Å². The quantitative estimate of drug-likeness (QED) is 0.697. The van der Waals surface area contributed by atoms with E-state index in [0.717, 1.165) is 29.8 Å². The molecule has 0 radical (unpaired) electrons. The summed E-state index contributed by atoms with van der Waals surface area (Å²) in [5.74, 6) is 0. The van der Waals surface area contributed by atoms with Gasteiger partial charge in [0.2, 0.25) is 0 Å². The van der Waals surface area contributed by atoms with E-state index in [1.165, 1.54) is 0 Å². The Morgan fingerprint density at radius 3 is 3.06 bits per heavy atom. The molecule has 1 fully saturated rings. The van der Waals surface area contributed by atoms with Gasteiger partial charge in [-0.1, -0.05) is 12.1 Å². The van der Waals surface area contributed by atoms with Gasteiger partial charge >= 0.3 is 6.09 Å². The molecular formula is C12H14N2O2. The summed E-state index contributed by atoms with van der Waals surface area (Å²) < 4.78 is 5.49. The van der Waals surface area contributed by atoms with Crippen molar-refractivity contribution in [1.29, 1.82) is 0 Å². The molecule has 1 aromatic rings. The number of amides is 1. The average molecular weight is 218 g/mol. The second-order valence-corrected chi connectivity index (χ2v) is 4.48. The Hall–Kier alpha value is -1.55. The summed E-state index contributed by atoms with van der Waals surface area (Å²) in [6.45, 7) is 3.61. The van der Waals surface area contributed by atoms with Gasteiger partial charge in [0, 0.05) is 18.5 Å². The highest BCUT2D eigenvalue weighted by Gasteiger charge is 2.44. The van der Waals surface area contributed by atoms with Gasteiger partial charge in [-0.2, -0.15) is 0 Å². The van der Waals surface area contributed by atoms with Crippen LogP contribution in [0.5, 0.6) is 0 Å². The molecule has 1 atom stereocenters. The van der Waals surface area contributed by atoms with Crippen molar-refractivity contribution in [1.82, 2.24) is 5.32 Å². The molecule has 0 saturated carbocycles. The zero-order valence-electron chi connectivity index (χ0n) is 9.17. The van der Waals surface area contributed by atoms with Crippen LogP contribution in [-0.4, -0.2) is 19.2 Å². The van der Waals surface area contributed by atoms with E-state index in [0.29, 0.717) is 6.54 Å². The Balaban J connectivity index is 2.14. The fraction of sp³-hybridized carbons (Fsp3) is 0.417. The number of carbonyl (C=O) groups excluding carboxylic acids is 1. The van der Waals surface area contributed by atoms with Gasteiger partial charge in [-0.15, -0.1) is 0 Å². The molecule has 1 spiro atoms. The molecule has 1 aromatic carbocycles. The molecule has 84 valence electrons. The summed E-state index contributed by atoms with van der Waals surface area (Å²) in [5.41, 5.74) is 2.66. The molecule has 4 nitrogen and oxygen atoms in total. The molecule has 1 saturated heterocycles. The van der Waals surface area contributed by atoms with Gasteiger partial charge < -0.3 is 10.1 Å². The molecule has 1 amide bonds. The standard InChI is InChI=1S/C12H14N2O2/c1-8-2-3-9-10(6-8)14-11(15)16-12(9)4-5-13-7-12/h2-3,6,13H,4-5,7H2,1H3,(H,14,15). The van der Waals surface area contributed by atoms with Gasteiger partial charge in [-0.05, 0) is 25.1 Å². The Morgan fingerprint density at radius 2 is 2.31 bits per heavy atom. The first-order chi connectivity index (χ1) is 7.70. The molecule has 2 aliphatic rings. The summed E-state index contributed by atoms with van der Waals surface area (Å²) in [6, 6.07) is 6.10. The highest BCUT2D eigenvalue weighted by atomic mass is 16.6. The summed E-state index contributed by atoms with van der Waals surface area (Å²) in [7, 11) is 0. The van der Waals surface area contributed by atoms with Crippen molar-refractivity contribution in [2.75, 3.05) is 18.4 Å². The van der Waals surface area contributed by atoms with E-state index >= 15 is 0 Å². The molecule has 1 unspecified atom stereocenters. The minimum Gasteiger partial charge on any atom is -0.436 e. The Morgan fingerprint density at radius 1 is 1.44 bits per heavy atom. The van der Waals surface area contributed by atoms with E-state index in [4.69, 9.17) is 4.74 Å². The van der Waals surface area contributed by atoms with Crippen LogP contribution in [0.25, 0.3) is 0 Å². The number of rotatable bonds is 0. The van der Waals surface area contributed by atoms with Crippen LogP contribution in [-0.2, 0) is 10.3 Å². The molecule has 0 aromatic heterocycles. The van der Waals surface area contributed by atoms with E-state index in [-0.39, 0.29) is 6.09 Å². The molecule has 16 heavy (non-hydrogen) atoms. The third-order valence-electron chi connectivity index (χ3n) is 3.31. The minimum absolute atomic E-state index is 0.346. The van der Waals surface area contributed by atoms with Crippen LogP contribution in [0, 0.1) is 6.92 Å². The minimum atomic E-state index is -0.453. The topological polar surface area (TPSA) is 50.4 Å². The Bertz CT molecular complexity index is 450. The second-order valence-electron chi connectivity index (χ2n) is 4.48. The van der Waals surface area contributed by atoms with Crippen LogP contribution in [0.4, 0.5) is 10.5 Å². The third kappa shape index (κ3) is 1.30. The van der Waals surface area contributed by atoms with E-state index in [2.05, 4.69) is 22.8 Å². The van der Waals surface area contributed by atoms with Crippen molar-refractivity contribution in [3.05, 3.63) is 29.3 Å². The number of nitrogens with one attached hydrogen (secondary N) is 2. The van der Waals surface area contributed by atoms with Gasteiger partial charge in [0.25, 0.3) is 0 Å². The molecular weight excluding hydrogens is 204 g/mol. The fourth-order valence-electron chi connectivity index (χ4n) is 2.51. The van der Waals surface area contributed by atoms with Crippen molar-refractivity contribution in [3.63, 3.8) is 0 Å². The first-order valence-electron chi connectivity index (χ1n) is 5.51. The molecule has 2 N–H and O–H groups in total. The summed E-state index contributed by atoms with van der Waals surface area (Å²) in [4.78, 5) is 11.5. The number of benzene rings is 1. The lowest BCUT2D eigenvalue weighted by Crippen LogP contribution is -2.41. The van der Waals surface area contributed by atoms with Crippen molar-refractivity contribution in [3.8, 4) is 0 Å². The number of carbonyl (C=O) groups is 1. The summed E-state index contributed by atoms with van der Waals surface area (Å²) in [5, 5.41) is 6.02. The first-order valence-corrected chi connectivity index (χ1v) is 5.51. The Labute approximate surface area is 94.0 Å². The predicted molar refractivity (Wildman–Crippen MR) is 60.4 cm³/mol. The predicted octanol–water partition coefficient (Wildman–Crippen LogP) is 1.75. The van der Waals surface area contributed by atoms with E-state index in [9.17, 15) is 4.79 Å². The van der Waals surface area contributed by atoms with E-state index in [1.54, 1.807) is 0 Å². The summed E-state index contributed by atoms with van der Waals surface area (Å²) in [6.07, 6.45) is 0.498. The highest BCUT2D eigenvalue weighted by Crippen LogP contribution is 2.40. The lowest BCUT2D eigenvalue weighted by molar-refractivity contribution is 0.0278. The molecule has 4 heteroatoms. The van der Waals surface area contributed by atoms with Crippen molar-refractivity contribution < 1.29 is 9.53 Å². The molecule has 2 aliphatic heterocycles. The van der Waals surface area contributed by atoms with E-state index < -0.39 is 5.60 Å². The van der Waals surface area contributed by atoms with Gasteiger partial charge in [0.1, 0.15) is 0 Å². The number of aryl methyl sites for hydroxylation is 1. The van der Waals surface area contributed by atoms with Crippen molar-refractivity contribution in [2.45, 2.75) is 18.9 Å². The van der Waals surface area contributed by atoms with Crippen LogP contribution in [0.15, 0.2) is 18.2 Å². The number of hydrogen-bond donors (Lipinski definition) is 2. The van der Waals surface area contributed by atoms with E-state index in [1.807, 2.05) is 13.0 Å². The number of hydrogen-bond acceptors (Lipinski definition) is 3. The summed E-state index contributed by atoms with van der Waals surface area (Å²) >= 11 is 0. The SMILES string of the molecule is Cc1ccc2c(c1)NC(=O)OC21CCNC1. The van der Waals surface area contributed by atoms with Gasteiger partial charge in [0.15, 0.2) is 5.60 Å². The smallest absolute Gasteiger partial charge is 0.412 e. The second kappa shape index (κ2) is 3.22.